The van der Waals surface area contributed by atoms with Crippen molar-refractivity contribution in [3.8, 4) is 11.3 Å². The molecule has 3 aromatic heterocycles. The molecule has 4 heterocycles. The van der Waals surface area contributed by atoms with E-state index in [-0.39, 0.29) is 34.6 Å². The first-order valence-corrected chi connectivity index (χ1v) is 11.2. The van der Waals surface area contributed by atoms with Gasteiger partial charge >= 0.3 is 6.18 Å². The maximum atomic E-state index is 13.9. The first-order valence-electron chi connectivity index (χ1n) is 11.2. The van der Waals surface area contributed by atoms with Crippen molar-refractivity contribution in [2.24, 2.45) is 15.9 Å². The van der Waals surface area contributed by atoms with Crippen molar-refractivity contribution < 1.29 is 22.6 Å². The van der Waals surface area contributed by atoms with Gasteiger partial charge in [0.15, 0.2) is 0 Å². The van der Waals surface area contributed by atoms with Crippen LogP contribution >= 0.6 is 0 Å². The number of methoxy groups -OCH3 is 2. The highest BCUT2D eigenvalue weighted by Gasteiger charge is 2.36. The van der Waals surface area contributed by atoms with E-state index in [1.54, 1.807) is 29.8 Å². The van der Waals surface area contributed by atoms with Gasteiger partial charge in [-0.15, -0.1) is 0 Å². The number of rotatable bonds is 4. The fraction of sp³-hybridized carbons (Fsp3) is 0.400. The van der Waals surface area contributed by atoms with Crippen LogP contribution in [-0.2, 0) is 22.1 Å². The second kappa shape index (κ2) is 9.60. The summed E-state index contributed by atoms with van der Waals surface area (Å²) >= 11 is 0. The predicted molar refractivity (Wildman–Crippen MR) is 129 cm³/mol. The van der Waals surface area contributed by atoms with Gasteiger partial charge in [-0.25, -0.2) is 19.8 Å². The number of aryl methyl sites for hydroxylation is 1. The zero-order valence-electron chi connectivity index (χ0n) is 20.5. The van der Waals surface area contributed by atoms with Gasteiger partial charge in [0.1, 0.15) is 17.7 Å². The molecule has 0 fully saturated rings. The number of imidazole rings is 1. The van der Waals surface area contributed by atoms with Gasteiger partial charge < -0.3 is 13.9 Å². The molecule has 0 N–H and O–H groups in total. The molecule has 4 rings (SSSR count). The molecule has 3 aromatic rings. The van der Waals surface area contributed by atoms with Crippen LogP contribution in [0.25, 0.3) is 21.7 Å². The summed E-state index contributed by atoms with van der Waals surface area (Å²) in [4.78, 5) is 21.1. The molecule has 1 aliphatic rings. The number of pyridine rings is 2. The van der Waals surface area contributed by atoms with Crippen LogP contribution in [0.5, 0.6) is 0 Å². The first kappa shape index (κ1) is 25.2. The summed E-state index contributed by atoms with van der Waals surface area (Å²) in [6, 6.07) is 3.39. The third-order valence-electron chi connectivity index (χ3n) is 6.04. The average Bonchev–Trinajstić information content (AvgIpc) is 3.33. The number of halogens is 3. The normalized spacial score (nSPS) is 18.1. The van der Waals surface area contributed by atoms with E-state index in [4.69, 9.17) is 21.0 Å². The summed E-state index contributed by atoms with van der Waals surface area (Å²) in [7, 11) is 3.08. The van der Waals surface area contributed by atoms with Crippen molar-refractivity contribution in [2.45, 2.75) is 45.5 Å². The summed E-state index contributed by atoms with van der Waals surface area (Å²) in [5.74, 6) is 1.12. The zero-order chi connectivity index (χ0) is 26.2. The highest BCUT2D eigenvalue weighted by molar-refractivity contribution is 5.94. The number of fused-ring (bicyclic) bond motifs is 1. The van der Waals surface area contributed by atoms with E-state index in [1.807, 2.05) is 13.8 Å². The average molecular weight is 499 g/mol. The molecule has 0 amide bonds. The SMILES string of the molecule is [C-]#[N+]c1cc(C(F)(F)F)c(-c2ccc(C[C@@H]3N=C(OC)[C@@H](C(C)C)N=C3OC)n3ccnc23)nc1C. The molecule has 0 saturated carbocycles. The van der Waals surface area contributed by atoms with Gasteiger partial charge in [0.2, 0.25) is 17.5 Å². The molecule has 2 atom stereocenters. The molecule has 8 nitrogen and oxygen atoms in total. The molecule has 0 aromatic carbocycles. The van der Waals surface area contributed by atoms with E-state index in [9.17, 15) is 13.2 Å². The Morgan fingerprint density at radius 2 is 1.86 bits per heavy atom. The Labute approximate surface area is 206 Å². The van der Waals surface area contributed by atoms with Crippen LogP contribution in [0.15, 0.2) is 40.6 Å². The van der Waals surface area contributed by atoms with Crippen molar-refractivity contribution in [1.29, 1.82) is 0 Å². The van der Waals surface area contributed by atoms with Crippen molar-refractivity contribution in [3.05, 3.63) is 59.0 Å². The largest absolute Gasteiger partial charge is 0.483 e. The van der Waals surface area contributed by atoms with E-state index < -0.39 is 17.8 Å². The summed E-state index contributed by atoms with van der Waals surface area (Å²) in [5.41, 5.74) is 0.0806. The third-order valence-corrected chi connectivity index (χ3v) is 6.04. The number of hydrogen-bond donors (Lipinski definition) is 0. The lowest BCUT2D eigenvalue weighted by Crippen LogP contribution is -2.38. The zero-order valence-corrected chi connectivity index (χ0v) is 20.5. The van der Waals surface area contributed by atoms with Gasteiger partial charge in [0.25, 0.3) is 0 Å². The van der Waals surface area contributed by atoms with Gasteiger partial charge in [-0.3, -0.25) is 4.98 Å². The number of hydrogen-bond acceptors (Lipinski definition) is 6. The van der Waals surface area contributed by atoms with Crippen LogP contribution in [0.1, 0.15) is 30.8 Å². The summed E-state index contributed by atoms with van der Waals surface area (Å²) in [6.45, 7) is 12.7. The van der Waals surface area contributed by atoms with Crippen LogP contribution in [0, 0.1) is 19.4 Å². The Bertz CT molecular complexity index is 1400. The van der Waals surface area contributed by atoms with Crippen LogP contribution in [-0.4, -0.2) is 52.5 Å². The number of aliphatic imine (C=N–C) groups is 2. The summed E-state index contributed by atoms with van der Waals surface area (Å²) < 4.78 is 54.5. The lowest BCUT2D eigenvalue weighted by atomic mass is 10.0. The Balaban J connectivity index is 1.80. The summed E-state index contributed by atoms with van der Waals surface area (Å²) in [6.07, 6.45) is -1.15. The van der Waals surface area contributed by atoms with Gasteiger partial charge in [-0.05, 0) is 31.0 Å². The van der Waals surface area contributed by atoms with Crippen molar-refractivity contribution in [3.63, 3.8) is 0 Å². The molecular weight excluding hydrogens is 473 g/mol. The minimum Gasteiger partial charge on any atom is -0.483 e. The quantitative estimate of drug-likeness (QED) is 0.457. The van der Waals surface area contributed by atoms with Crippen molar-refractivity contribution in [1.82, 2.24) is 14.4 Å². The molecule has 0 bridgehead atoms. The highest BCUT2D eigenvalue weighted by atomic mass is 19.4. The van der Waals surface area contributed by atoms with Gasteiger partial charge in [-0.2, -0.15) is 13.2 Å². The number of alkyl halides is 3. The Morgan fingerprint density at radius 1 is 1.14 bits per heavy atom. The van der Waals surface area contributed by atoms with Gasteiger partial charge in [0, 0.05) is 35.8 Å². The lowest BCUT2D eigenvalue weighted by molar-refractivity contribution is -0.137. The maximum Gasteiger partial charge on any atom is 0.417 e. The molecule has 188 valence electrons. The van der Waals surface area contributed by atoms with Crippen LogP contribution in [0.2, 0.25) is 0 Å². The van der Waals surface area contributed by atoms with E-state index in [0.717, 1.165) is 11.8 Å². The molecule has 1 aliphatic heterocycles. The van der Waals surface area contributed by atoms with Crippen molar-refractivity contribution in [2.75, 3.05) is 14.2 Å². The van der Waals surface area contributed by atoms with E-state index in [0.29, 0.717) is 23.9 Å². The predicted octanol–water partition coefficient (Wildman–Crippen LogP) is 5.31. The number of nitrogens with zero attached hydrogens (tertiary/aromatic N) is 6. The van der Waals surface area contributed by atoms with Crippen molar-refractivity contribution >= 4 is 23.1 Å². The second-order valence-electron chi connectivity index (χ2n) is 8.71. The molecule has 11 heteroatoms. The first-order chi connectivity index (χ1) is 17.1. The lowest BCUT2D eigenvalue weighted by Gasteiger charge is -2.27. The number of aromatic nitrogens is 3. The topological polar surface area (TPSA) is 77.7 Å². The summed E-state index contributed by atoms with van der Waals surface area (Å²) in [5, 5.41) is 0. The third kappa shape index (κ3) is 4.51. The molecule has 0 radical (unpaired) electrons. The van der Waals surface area contributed by atoms with Crippen LogP contribution in [0.3, 0.4) is 0 Å². The molecule has 0 spiro atoms. The standard InChI is InChI=1S/C25H25F3N6O2/c1-13(2)20-24(36-6)32-19(23(33-20)35-5)11-15-7-8-16(22-30-9-10-34(15)22)21-17(25(26,27)28)12-18(29-4)14(3)31-21/h7-10,12-13,19-20H,11H2,1-3,5-6H3/t19-,20+/m0/s1. The minimum absolute atomic E-state index is 0.141. The monoisotopic (exact) mass is 498 g/mol. The van der Waals surface area contributed by atoms with Gasteiger partial charge in [-0.1, -0.05) is 13.8 Å². The van der Waals surface area contributed by atoms with Crippen LogP contribution in [0.4, 0.5) is 18.9 Å². The molecule has 36 heavy (non-hydrogen) atoms. The second-order valence-corrected chi connectivity index (χ2v) is 8.71. The van der Waals surface area contributed by atoms with E-state index in [1.165, 1.54) is 20.2 Å². The Hall–Kier alpha value is -3.94. The van der Waals surface area contributed by atoms with Crippen LogP contribution < -0.4 is 0 Å². The highest BCUT2D eigenvalue weighted by Crippen LogP contribution is 2.40. The Morgan fingerprint density at radius 3 is 2.47 bits per heavy atom. The minimum atomic E-state index is -4.69. The molecular formula is C25H25F3N6O2. The smallest absolute Gasteiger partial charge is 0.417 e. The molecule has 0 unspecified atom stereocenters. The van der Waals surface area contributed by atoms with E-state index in [2.05, 4.69) is 19.8 Å². The fourth-order valence-electron chi connectivity index (χ4n) is 4.24. The molecule has 0 aliphatic carbocycles. The Kier molecular flexibility index (Phi) is 6.71. The number of ether oxygens (including phenoxy) is 2. The molecule has 0 saturated heterocycles. The maximum absolute atomic E-state index is 13.9. The van der Waals surface area contributed by atoms with E-state index >= 15 is 0 Å². The van der Waals surface area contributed by atoms with Gasteiger partial charge in [0.05, 0.1) is 32.0 Å². The fourth-order valence-corrected chi connectivity index (χ4v) is 4.24.